The van der Waals surface area contributed by atoms with Gasteiger partial charge in [0.15, 0.2) is 0 Å². The van der Waals surface area contributed by atoms with Crippen LogP contribution < -0.4 is 0 Å². The fourth-order valence-corrected chi connectivity index (χ4v) is 1.40. The van der Waals surface area contributed by atoms with E-state index in [-0.39, 0.29) is 6.04 Å². The molecule has 1 atom stereocenters. The number of rotatable bonds is 2. The second-order valence-electron chi connectivity index (χ2n) is 2.47. The molecule has 1 aliphatic heterocycles. The van der Waals surface area contributed by atoms with Gasteiger partial charge in [-0.1, -0.05) is 6.82 Å². The van der Waals surface area contributed by atoms with Crippen molar-refractivity contribution in [3.8, 4) is 0 Å². The molecule has 50 valence electrons. The quantitative estimate of drug-likeness (QED) is 0.384. The average molecular weight is 125 g/mol. The standard InChI is InChI=1S/C6H12BNO/c1-7-8-4-2-3-6(8)5-9/h5-7H,2-4H2,1H3/t6-/m0/s1. The van der Waals surface area contributed by atoms with E-state index in [1.54, 1.807) is 0 Å². The first-order valence-corrected chi connectivity index (χ1v) is 3.58. The molecule has 0 aromatic rings. The minimum Gasteiger partial charge on any atom is -0.337 e. The van der Waals surface area contributed by atoms with E-state index in [1.165, 1.54) is 6.42 Å². The average Bonchev–Trinajstić information content (AvgIpc) is 2.33. The SMILES string of the molecule is CBN1CCC[C@H]1C=O. The Bertz CT molecular complexity index is 107. The Hall–Kier alpha value is -0.305. The lowest BCUT2D eigenvalue weighted by atomic mass is 9.95. The molecule has 1 rings (SSSR count). The van der Waals surface area contributed by atoms with Crippen LogP contribution in [0.25, 0.3) is 0 Å². The number of aldehydes is 1. The summed E-state index contributed by atoms with van der Waals surface area (Å²) in [5, 5.41) is 0. The van der Waals surface area contributed by atoms with Gasteiger partial charge in [0.05, 0.1) is 6.04 Å². The van der Waals surface area contributed by atoms with E-state index in [1.807, 2.05) is 0 Å². The highest BCUT2D eigenvalue weighted by Gasteiger charge is 2.21. The molecule has 0 N–H and O–H groups in total. The van der Waals surface area contributed by atoms with Crippen LogP contribution in [-0.4, -0.2) is 31.1 Å². The summed E-state index contributed by atoms with van der Waals surface area (Å²) in [5.41, 5.74) is 0. The molecule has 1 fully saturated rings. The summed E-state index contributed by atoms with van der Waals surface area (Å²) in [5.74, 6) is 0. The molecule has 0 aromatic heterocycles. The zero-order valence-corrected chi connectivity index (χ0v) is 5.84. The smallest absolute Gasteiger partial charge is 0.201 e. The van der Waals surface area contributed by atoms with Crippen LogP contribution in [0.1, 0.15) is 12.8 Å². The minimum absolute atomic E-state index is 0.231. The van der Waals surface area contributed by atoms with E-state index in [0.717, 1.165) is 26.7 Å². The predicted octanol–water partition coefficient (Wildman–Crippen LogP) is 0.0493. The lowest BCUT2D eigenvalue weighted by molar-refractivity contribution is -0.110. The molecule has 1 saturated heterocycles. The Labute approximate surface area is 56.5 Å². The highest BCUT2D eigenvalue weighted by atomic mass is 16.1. The molecule has 0 radical (unpaired) electrons. The van der Waals surface area contributed by atoms with Crippen molar-refractivity contribution in [2.45, 2.75) is 25.7 Å². The van der Waals surface area contributed by atoms with Crippen molar-refractivity contribution >= 4 is 13.7 Å². The van der Waals surface area contributed by atoms with Crippen LogP contribution in [0.5, 0.6) is 0 Å². The maximum Gasteiger partial charge on any atom is 0.201 e. The summed E-state index contributed by atoms with van der Waals surface area (Å²) in [6.45, 7) is 3.21. The van der Waals surface area contributed by atoms with Crippen LogP contribution in [0.2, 0.25) is 6.82 Å². The molecule has 0 spiro atoms. The fourth-order valence-electron chi connectivity index (χ4n) is 1.40. The van der Waals surface area contributed by atoms with Crippen molar-refractivity contribution in [2.24, 2.45) is 0 Å². The Morgan fingerprint density at radius 1 is 1.78 bits per heavy atom. The number of hydrogen-bond donors (Lipinski definition) is 0. The van der Waals surface area contributed by atoms with E-state index >= 15 is 0 Å². The number of carbonyl (C=O) groups is 1. The van der Waals surface area contributed by atoms with E-state index in [9.17, 15) is 4.79 Å². The first kappa shape index (κ1) is 6.81. The van der Waals surface area contributed by atoms with E-state index in [0.29, 0.717) is 0 Å². The van der Waals surface area contributed by atoms with Crippen molar-refractivity contribution < 1.29 is 4.79 Å². The minimum atomic E-state index is 0.231. The molecule has 0 amide bonds. The highest BCUT2D eigenvalue weighted by Crippen LogP contribution is 2.12. The van der Waals surface area contributed by atoms with Gasteiger partial charge in [-0.2, -0.15) is 0 Å². The van der Waals surface area contributed by atoms with Crippen LogP contribution >= 0.6 is 0 Å². The van der Waals surface area contributed by atoms with E-state index < -0.39 is 0 Å². The number of carbonyl (C=O) groups excluding carboxylic acids is 1. The molecule has 9 heavy (non-hydrogen) atoms. The largest absolute Gasteiger partial charge is 0.337 e. The summed E-state index contributed by atoms with van der Waals surface area (Å²) in [6, 6.07) is 0.231. The summed E-state index contributed by atoms with van der Waals surface area (Å²) < 4.78 is 0. The van der Waals surface area contributed by atoms with Gasteiger partial charge in [-0.15, -0.1) is 0 Å². The first-order valence-electron chi connectivity index (χ1n) is 3.58. The van der Waals surface area contributed by atoms with Crippen LogP contribution in [0.15, 0.2) is 0 Å². The van der Waals surface area contributed by atoms with Crippen LogP contribution in [0.4, 0.5) is 0 Å². The first-order chi connectivity index (χ1) is 4.38. The maximum atomic E-state index is 10.3. The second-order valence-corrected chi connectivity index (χ2v) is 2.47. The van der Waals surface area contributed by atoms with Gasteiger partial charge in [-0.05, 0) is 19.4 Å². The third kappa shape index (κ3) is 1.33. The fraction of sp³-hybridized carbons (Fsp3) is 0.833. The van der Waals surface area contributed by atoms with Crippen LogP contribution in [0, 0.1) is 0 Å². The van der Waals surface area contributed by atoms with Crippen molar-refractivity contribution in [1.82, 2.24) is 4.81 Å². The summed E-state index contributed by atoms with van der Waals surface area (Å²) in [6.07, 6.45) is 3.32. The Kier molecular flexibility index (Phi) is 2.28. The molecular weight excluding hydrogens is 113 g/mol. The van der Waals surface area contributed by atoms with Crippen LogP contribution in [-0.2, 0) is 4.79 Å². The number of hydrogen-bond acceptors (Lipinski definition) is 2. The molecular formula is C6H12BNO. The topological polar surface area (TPSA) is 20.3 Å². The normalized spacial score (nSPS) is 28.3. The Balaban J connectivity index is 2.41. The molecule has 0 bridgehead atoms. The summed E-state index contributed by atoms with van der Waals surface area (Å²) >= 11 is 0. The predicted molar refractivity (Wildman–Crippen MR) is 38.8 cm³/mol. The van der Waals surface area contributed by atoms with Gasteiger partial charge in [0.1, 0.15) is 6.29 Å². The lowest BCUT2D eigenvalue weighted by Gasteiger charge is -2.15. The Morgan fingerprint density at radius 3 is 3.00 bits per heavy atom. The lowest BCUT2D eigenvalue weighted by Crippen LogP contribution is -2.32. The van der Waals surface area contributed by atoms with Gasteiger partial charge in [0, 0.05) is 0 Å². The molecule has 1 aliphatic rings. The number of nitrogens with zero attached hydrogens (tertiary/aromatic N) is 1. The third-order valence-corrected chi connectivity index (χ3v) is 1.98. The van der Waals surface area contributed by atoms with Crippen LogP contribution in [0.3, 0.4) is 0 Å². The van der Waals surface area contributed by atoms with Gasteiger partial charge >= 0.3 is 0 Å². The zero-order valence-electron chi connectivity index (χ0n) is 5.84. The van der Waals surface area contributed by atoms with Gasteiger partial charge in [-0.25, -0.2) is 0 Å². The van der Waals surface area contributed by atoms with E-state index in [2.05, 4.69) is 11.6 Å². The van der Waals surface area contributed by atoms with Gasteiger partial charge in [0.2, 0.25) is 7.41 Å². The monoisotopic (exact) mass is 125 g/mol. The summed E-state index contributed by atoms with van der Waals surface area (Å²) in [4.78, 5) is 12.6. The maximum absolute atomic E-state index is 10.3. The van der Waals surface area contributed by atoms with Crippen molar-refractivity contribution in [2.75, 3.05) is 6.54 Å². The molecule has 0 aliphatic carbocycles. The summed E-state index contributed by atoms with van der Waals surface area (Å²) in [7, 11) is 1.02. The molecule has 0 saturated carbocycles. The molecule has 0 aromatic carbocycles. The molecule has 1 heterocycles. The highest BCUT2D eigenvalue weighted by molar-refractivity contribution is 6.30. The zero-order chi connectivity index (χ0) is 6.69. The molecule has 2 nitrogen and oxygen atoms in total. The van der Waals surface area contributed by atoms with Crippen molar-refractivity contribution in [3.05, 3.63) is 0 Å². The van der Waals surface area contributed by atoms with Gasteiger partial charge < -0.3 is 9.61 Å². The van der Waals surface area contributed by atoms with Crippen molar-refractivity contribution in [1.29, 1.82) is 0 Å². The molecule has 0 unspecified atom stereocenters. The molecule has 3 heteroatoms. The van der Waals surface area contributed by atoms with Crippen molar-refractivity contribution in [3.63, 3.8) is 0 Å². The second kappa shape index (κ2) is 3.02. The Morgan fingerprint density at radius 2 is 2.56 bits per heavy atom. The van der Waals surface area contributed by atoms with Gasteiger partial charge in [0.25, 0.3) is 0 Å². The van der Waals surface area contributed by atoms with Gasteiger partial charge in [-0.3, -0.25) is 0 Å². The third-order valence-electron chi connectivity index (χ3n) is 1.98. The van der Waals surface area contributed by atoms with E-state index in [4.69, 9.17) is 0 Å².